The number of hydrogen-bond acceptors (Lipinski definition) is 2. The first-order valence-electron chi connectivity index (χ1n) is 6.01. The van der Waals surface area contributed by atoms with Crippen LogP contribution in [0.1, 0.15) is 12.8 Å². The van der Waals surface area contributed by atoms with E-state index in [1.54, 1.807) is 6.07 Å². The number of aromatic amines is 1. The van der Waals surface area contributed by atoms with Gasteiger partial charge in [-0.05, 0) is 30.9 Å². The molecular weight excluding hydrogens is 231 g/mol. The molecule has 0 atom stereocenters. The second kappa shape index (κ2) is 3.41. The van der Waals surface area contributed by atoms with Crippen molar-refractivity contribution in [2.45, 2.75) is 12.8 Å². The van der Waals surface area contributed by atoms with Crippen LogP contribution in [0.4, 0.5) is 10.2 Å². The van der Waals surface area contributed by atoms with Crippen LogP contribution in [0.2, 0.25) is 0 Å². The van der Waals surface area contributed by atoms with Gasteiger partial charge in [-0.1, -0.05) is 6.07 Å². The van der Waals surface area contributed by atoms with Gasteiger partial charge in [0.25, 0.3) is 0 Å². The largest absolute Gasteiger partial charge is 0.343 e. The van der Waals surface area contributed by atoms with Gasteiger partial charge in [0.15, 0.2) is 5.82 Å². The number of hydrogen-bond donors (Lipinski definition) is 2. The zero-order valence-corrected chi connectivity index (χ0v) is 9.57. The number of aromatic nitrogens is 2. The van der Waals surface area contributed by atoms with Crippen molar-refractivity contribution in [2.75, 3.05) is 0 Å². The number of nitrogens with one attached hydrogen (secondary N) is 2. The summed E-state index contributed by atoms with van der Waals surface area (Å²) in [6.07, 6.45) is 4.57. The second-order valence-electron chi connectivity index (χ2n) is 4.71. The summed E-state index contributed by atoms with van der Waals surface area (Å²) in [5.74, 6) is 1.73. The van der Waals surface area contributed by atoms with E-state index >= 15 is 0 Å². The summed E-state index contributed by atoms with van der Waals surface area (Å²) in [6, 6.07) is 4.88. The molecule has 1 aromatic carbocycles. The molecule has 0 amide bonds. The third-order valence-electron chi connectivity index (χ3n) is 3.34. The Morgan fingerprint density at radius 3 is 2.94 bits per heavy atom. The maximum atomic E-state index is 13.5. The molecule has 2 N–H and O–H groups in total. The van der Waals surface area contributed by atoms with Crippen LogP contribution in [-0.4, -0.2) is 16.0 Å². The molecule has 1 aromatic heterocycles. The molecule has 4 nitrogen and oxygen atoms in total. The van der Waals surface area contributed by atoms with Crippen molar-refractivity contribution in [3.63, 3.8) is 0 Å². The highest BCUT2D eigenvalue weighted by Crippen LogP contribution is 2.37. The first kappa shape index (κ1) is 9.82. The standard InChI is InChI=1S/C13H11FN4/c14-9-3-1-2-8-12(9)17-18-13(8)16-11-6-10(15-11)7-4-5-7/h1-3,6-7H,4-5H2,(H2,15,16,17,18). The number of H-pyrrole nitrogens is 1. The van der Waals surface area contributed by atoms with Crippen LogP contribution >= 0.6 is 0 Å². The van der Waals surface area contributed by atoms with Crippen molar-refractivity contribution < 1.29 is 4.39 Å². The monoisotopic (exact) mass is 242 g/mol. The number of aliphatic imine (C=N–C) groups is 1. The van der Waals surface area contributed by atoms with E-state index in [9.17, 15) is 4.39 Å². The summed E-state index contributed by atoms with van der Waals surface area (Å²) in [7, 11) is 0. The topological polar surface area (TPSA) is 53.1 Å². The molecule has 1 aliphatic carbocycles. The minimum absolute atomic E-state index is 0.303. The Hall–Kier alpha value is -2.17. The number of rotatable bonds is 2. The maximum absolute atomic E-state index is 13.5. The Bertz CT molecular complexity index is 694. The fourth-order valence-electron chi connectivity index (χ4n) is 2.16. The van der Waals surface area contributed by atoms with Crippen molar-refractivity contribution in [2.24, 2.45) is 10.9 Å². The lowest BCUT2D eigenvalue weighted by Crippen LogP contribution is -2.32. The van der Waals surface area contributed by atoms with Gasteiger partial charge in [0.05, 0.1) is 0 Å². The molecule has 4 rings (SSSR count). The smallest absolute Gasteiger partial charge is 0.183 e. The summed E-state index contributed by atoms with van der Waals surface area (Å²) < 4.78 is 13.5. The van der Waals surface area contributed by atoms with Crippen molar-refractivity contribution >= 4 is 22.6 Å². The van der Waals surface area contributed by atoms with Gasteiger partial charge < -0.3 is 5.32 Å². The molecule has 2 aliphatic rings. The zero-order valence-electron chi connectivity index (χ0n) is 9.57. The molecule has 1 saturated carbocycles. The molecule has 0 spiro atoms. The molecule has 0 saturated heterocycles. The summed E-state index contributed by atoms with van der Waals surface area (Å²) in [4.78, 5) is 4.37. The van der Waals surface area contributed by atoms with E-state index in [2.05, 4.69) is 20.5 Å². The number of benzene rings is 1. The maximum Gasteiger partial charge on any atom is 0.183 e. The van der Waals surface area contributed by atoms with Crippen molar-refractivity contribution in [3.05, 3.63) is 35.8 Å². The molecule has 5 heteroatoms. The molecule has 0 unspecified atom stereocenters. The molecule has 2 aromatic rings. The van der Waals surface area contributed by atoms with E-state index in [-0.39, 0.29) is 5.82 Å². The summed E-state index contributed by atoms with van der Waals surface area (Å²) in [5, 5.41) is 10.6. The lowest BCUT2D eigenvalue weighted by Gasteiger charge is -2.18. The zero-order chi connectivity index (χ0) is 12.1. The third kappa shape index (κ3) is 1.44. The van der Waals surface area contributed by atoms with Crippen LogP contribution < -0.4 is 5.32 Å². The minimum Gasteiger partial charge on any atom is -0.343 e. The third-order valence-corrected chi connectivity index (χ3v) is 3.34. The highest BCUT2D eigenvalue weighted by Gasteiger charge is 2.30. The number of para-hydroxylation sites is 1. The number of amidine groups is 1. The molecule has 0 bridgehead atoms. The van der Waals surface area contributed by atoms with Gasteiger partial charge in [0.1, 0.15) is 17.2 Å². The Morgan fingerprint density at radius 2 is 2.17 bits per heavy atom. The van der Waals surface area contributed by atoms with E-state index in [1.807, 2.05) is 12.1 Å². The van der Waals surface area contributed by atoms with E-state index in [0.29, 0.717) is 22.6 Å². The quantitative estimate of drug-likeness (QED) is 0.850. The van der Waals surface area contributed by atoms with Crippen molar-refractivity contribution in [3.8, 4) is 0 Å². The van der Waals surface area contributed by atoms with Crippen LogP contribution in [0.5, 0.6) is 0 Å². The van der Waals surface area contributed by atoms with Gasteiger partial charge in [-0.25, -0.2) is 9.38 Å². The van der Waals surface area contributed by atoms with E-state index in [1.165, 1.54) is 24.6 Å². The Balaban J connectivity index is 1.72. The molecule has 2 heterocycles. The van der Waals surface area contributed by atoms with Crippen LogP contribution in [0.3, 0.4) is 0 Å². The molecule has 90 valence electrons. The van der Waals surface area contributed by atoms with Crippen molar-refractivity contribution in [1.82, 2.24) is 15.5 Å². The first-order chi connectivity index (χ1) is 8.81. The predicted molar refractivity (Wildman–Crippen MR) is 67.1 cm³/mol. The molecule has 1 fully saturated rings. The fourth-order valence-corrected chi connectivity index (χ4v) is 2.16. The molecule has 0 radical (unpaired) electrons. The van der Waals surface area contributed by atoms with E-state index in [0.717, 1.165) is 5.84 Å². The Labute approximate surface area is 103 Å². The van der Waals surface area contributed by atoms with E-state index in [4.69, 9.17) is 0 Å². The van der Waals surface area contributed by atoms with Crippen LogP contribution in [-0.2, 0) is 0 Å². The summed E-state index contributed by atoms with van der Waals surface area (Å²) in [5.41, 5.74) is 1.67. The predicted octanol–water partition coefficient (Wildman–Crippen LogP) is 2.63. The van der Waals surface area contributed by atoms with Gasteiger partial charge in [-0.3, -0.25) is 5.10 Å². The fraction of sp³-hybridized carbons (Fsp3) is 0.231. The number of halogens is 1. The SMILES string of the molecule is Fc1cccc2c(N=C3C=C(C4CC4)N3)n[nH]c12. The Morgan fingerprint density at radius 1 is 1.33 bits per heavy atom. The normalized spacial score (nSPS) is 20.7. The first-order valence-corrected chi connectivity index (χ1v) is 6.01. The van der Waals surface area contributed by atoms with Crippen LogP contribution in [0, 0.1) is 11.7 Å². The van der Waals surface area contributed by atoms with E-state index < -0.39 is 0 Å². The summed E-state index contributed by atoms with van der Waals surface area (Å²) >= 11 is 0. The highest BCUT2D eigenvalue weighted by atomic mass is 19.1. The highest BCUT2D eigenvalue weighted by molar-refractivity contribution is 6.04. The van der Waals surface area contributed by atoms with Gasteiger partial charge in [0.2, 0.25) is 0 Å². The van der Waals surface area contributed by atoms with Gasteiger partial charge in [-0.2, -0.15) is 5.10 Å². The number of allylic oxidation sites excluding steroid dienone is 1. The van der Waals surface area contributed by atoms with Gasteiger partial charge in [0, 0.05) is 17.2 Å². The van der Waals surface area contributed by atoms with Gasteiger partial charge >= 0.3 is 0 Å². The Kier molecular flexibility index (Phi) is 1.86. The van der Waals surface area contributed by atoms with Crippen molar-refractivity contribution in [1.29, 1.82) is 0 Å². The lowest BCUT2D eigenvalue weighted by molar-refractivity contribution is 0.636. The summed E-state index contributed by atoms with van der Waals surface area (Å²) in [6.45, 7) is 0. The lowest BCUT2D eigenvalue weighted by atomic mass is 10.2. The second-order valence-corrected chi connectivity index (χ2v) is 4.71. The van der Waals surface area contributed by atoms with Crippen LogP contribution in [0.25, 0.3) is 10.9 Å². The molecule has 1 aliphatic heterocycles. The average Bonchev–Trinajstić information content (AvgIpc) is 3.05. The van der Waals surface area contributed by atoms with Crippen LogP contribution in [0.15, 0.2) is 35.0 Å². The van der Waals surface area contributed by atoms with Gasteiger partial charge in [-0.15, -0.1) is 0 Å². The molecular formula is C13H11FN4. The number of nitrogens with zero attached hydrogens (tertiary/aromatic N) is 2. The average molecular weight is 242 g/mol. The minimum atomic E-state index is -0.303. The molecule has 18 heavy (non-hydrogen) atoms. The number of fused-ring (bicyclic) bond motifs is 1.